The van der Waals surface area contributed by atoms with Crippen LogP contribution in [-0.4, -0.2) is 52.3 Å². The van der Waals surface area contributed by atoms with Crippen molar-refractivity contribution >= 4 is 15.9 Å². The Balaban J connectivity index is 1.44. The monoisotopic (exact) mass is 417 g/mol. The largest absolute Gasteiger partial charge is 0.348 e. The predicted octanol–water partition coefficient (Wildman–Crippen LogP) is 2.50. The second-order valence-electron chi connectivity index (χ2n) is 7.79. The minimum atomic E-state index is -3.48. The van der Waals surface area contributed by atoms with Crippen LogP contribution >= 0.6 is 0 Å². The summed E-state index contributed by atoms with van der Waals surface area (Å²) in [5.74, 6) is 0.343. The maximum absolute atomic E-state index is 12.6. The minimum Gasteiger partial charge on any atom is -0.348 e. The number of rotatable bonds is 5. The number of sulfonamides is 1. The van der Waals surface area contributed by atoms with Crippen molar-refractivity contribution in [1.29, 1.82) is 0 Å². The van der Waals surface area contributed by atoms with Gasteiger partial charge in [-0.15, -0.1) is 0 Å². The van der Waals surface area contributed by atoms with Gasteiger partial charge in [-0.2, -0.15) is 4.31 Å². The normalized spacial score (nSPS) is 19.2. The zero-order valence-corrected chi connectivity index (χ0v) is 17.3. The van der Waals surface area contributed by atoms with Crippen LogP contribution < -0.4 is 5.32 Å². The average Bonchev–Trinajstić information content (AvgIpc) is 3.38. The van der Waals surface area contributed by atoms with Crippen molar-refractivity contribution in [2.75, 3.05) is 13.1 Å². The number of hydrogen-bond donors (Lipinski definition) is 1. The molecular weight excluding hydrogens is 390 g/mol. The van der Waals surface area contributed by atoms with Gasteiger partial charge in [-0.05, 0) is 37.8 Å². The zero-order chi connectivity index (χ0) is 20.3. The highest BCUT2D eigenvalue weighted by Crippen LogP contribution is 2.21. The van der Waals surface area contributed by atoms with E-state index < -0.39 is 10.0 Å². The Hall–Kier alpha value is -2.26. The second-order valence-corrected chi connectivity index (χ2v) is 9.73. The van der Waals surface area contributed by atoms with Crippen LogP contribution in [0.25, 0.3) is 5.82 Å². The lowest BCUT2D eigenvalue weighted by molar-refractivity contribution is 0.0928. The molecule has 2 aliphatic rings. The molecule has 29 heavy (non-hydrogen) atoms. The summed E-state index contributed by atoms with van der Waals surface area (Å²) in [6.45, 7) is 1.12. The van der Waals surface area contributed by atoms with Gasteiger partial charge in [0.05, 0.1) is 0 Å². The number of pyridine rings is 1. The van der Waals surface area contributed by atoms with Crippen LogP contribution in [0.15, 0.2) is 35.7 Å². The van der Waals surface area contributed by atoms with Gasteiger partial charge in [-0.3, -0.25) is 9.36 Å². The maximum atomic E-state index is 12.6. The van der Waals surface area contributed by atoms with E-state index >= 15 is 0 Å². The molecule has 1 N–H and O–H groups in total. The Morgan fingerprint density at radius 1 is 1.00 bits per heavy atom. The number of carbonyl (C=O) groups excluding carboxylic acids is 1. The SMILES string of the molecule is O=C(NC1CCCCCC1)c1cn(-c2ccc(S(=O)(=O)N3CCCC3)cn2)cn1. The molecule has 2 aromatic rings. The Morgan fingerprint density at radius 3 is 2.38 bits per heavy atom. The van der Waals surface area contributed by atoms with Crippen LogP contribution in [0.4, 0.5) is 0 Å². The number of imidazole rings is 1. The fourth-order valence-electron chi connectivity index (χ4n) is 4.00. The van der Waals surface area contributed by atoms with E-state index in [0.717, 1.165) is 38.5 Å². The summed E-state index contributed by atoms with van der Waals surface area (Å²) in [4.78, 5) is 21.2. The number of hydrogen-bond acceptors (Lipinski definition) is 5. The highest BCUT2D eigenvalue weighted by Gasteiger charge is 2.27. The van der Waals surface area contributed by atoms with E-state index in [2.05, 4.69) is 15.3 Å². The van der Waals surface area contributed by atoms with Gasteiger partial charge in [0, 0.05) is 31.5 Å². The van der Waals surface area contributed by atoms with Gasteiger partial charge in [-0.25, -0.2) is 18.4 Å². The molecule has 1 aliphatic carbocycles. The molecule has 1 saturated heterocycles. The standard InChI is InChI=1S/C20H27N5O3S/c26-20(23-16-7-3-1-2-4-8-16)18-14-24(15-22-18)19-10-9-17(13-21-19)29(27,28)25-11-5-6-12-25/h9-10,13-16H,1-8,11-12H2,(H,23,26). The number of amides is 1. The van der Waals surface area contributed by atoms with Gasteiger partial charge < -0.3 is 5.32 Å². The lowest BCUT2D eigenvalue weighted by Gasteiger charge is -2.15. The molecule has 2 aromatic heterocycles. The number of aromatic nitrogens is 3. The molecule has 2 fully saturated rings. The van der Waals surface area contributed by atoms with Gasteiger partial charge in [0.1, 0.15) is 22.7 Å². The molecular formula is C20H27N5O3S. The maximum Gasteiger partial charge on any atom is 0.271 e. The number of carbonyl (C=O) groups is 1. The van der Waals surface area contributed by atoms with Crippen molar-refractivity contribution in [3.8, 4) is 5.82 Å². The summed E-state index contributed by atoms with van der Waals surface area (Å²) in [5.41, 5.74) is 0.338. The van der Waals surface area contributed by atoms with Gasteiger partial charge >= 0.3 is 0 Å². The predicted molar refractivity (Wildman–Crippen MR) is 108 cm³/mol. The van der Waals surface area contributed by atoms with Crippen LogP contribution in [0.1, 0.15) is 61.9 Å². The van der Waals surface area contributed by atoms with Crippen LogP contribution in [0, 0.1) is 0 Å². The molecule has 4 rings (SSSR count). The van der Waals surface area contributed by atoms with E-state index in [4.69, 9.17) is 0 Å². The summed E-state index contributed by atoms with van der Waals surface area (Å²) in [7, 11) is -3.48. The Kier molecular flexibility index (Phi) is 5.96. The van der Waals surface area contributed by atoms with Gasteiger partial charge in [-0.1, -0.05) is 25.7 Å². The third-order valence-electron chi connectivity index (χ3n) is 5.69. The summed E-state index contributed by atoms with van der Waals surface area (Å²) >= 11 is 0. The fourth-order valence-corrected chi connectivity index (χ4v) is 5.47. The summed E-state index contributed by atoms with van der Waals surface area (Å²) in [6.07, 6.45) is 13.1. The van der Waals surface area contributed by atoms with Crippen LogP contribution in [0.2, 0.25) is 0 Å². The third-order valence-corrected chi connectivity index (χ3v) is 7.58. The van der Waals surface area contributed by atoms with E-state index in [-0.39, 0.29) is 16.8 Å². The van der Waals surface area contributed by atoms with E-state index in [1.165, 1.54) is 29.7 Å². The van der Waals surface area contributed by atoms with E-state index in [1.54, 1.807) is 22.9 Å². The van der Waals surface area contributed by atoms with Gasteiger partial charge in [0.15, 0.2) is 0 Å². The summed E-state index contributed by atoms with van der Waals surface area (Å²) in [5, 5.41) is 3.08. The molecule has 8 nitrogen and oxygen atoms in total. The highest BCUT2D eigenvalue weighted by atomic mass is 32.2. The number of nitrogens with zero attached hydrogens (tertiary/aromatic N) is 4. The van der Waals surface area contributed by atoms with Crippen molar-refractivity contribution < 1.29 is 13.2 Å². The van der Waals surface area contributed by atoms with E-state index in [0.29, 0.717) is 24.6 Å². The fraction of sp³-hybridized carbons (Fsp3) is 0.550. The smallest absolute Gasteiger partial charge is 0.271 e. The molecule has 0 radical (unpaired) electrons. The van der Waals surface area contributed by atoms with Crippen molar-refractivity contribution in [3.63, 3.8) is 0 Å². The van der Waals surface area contributed by atoms with Crippen molar-refractivity contribution in [2.24, 2.45) is 0 Å². The molecule has 1 amide bonds. The lowest BCUT2D eigenvalue weighted by atomic mass is 10.1. The first-order valence-corrected chi connectivity index (χ1v) is 11.8. The first kappa shape index (κ1) is 20.0. The first-order chi connectivity index (χ1) is 14.0. The topological polar surface area (TPSA) is 97.2 Å². The minimum absolute atomic E-state index is 0.177. The Labute approximate surface area is 171 Å². The quantitative estimate of drug-likeness (QED) is 0.754. The molecule has 0 bridgehead atoms. The highest BCUT2D eigenvalue weighted by molar-refractivity contribution is 7.89. The summed E-state index contributed by atoms with van der Waals surface area (Å²) in [6, 6.07) is 3.40. The second kappa shape index (κ2) is 8.62. The van der Waals surface area contributed by atoms with Crippen molar-refractivity contribution in [3.05, 3.63) is 36.5 Å². The first-order valence-electron chi connectivity index (χ1n) is 10.4. The Morgan fingerprint density at radius 2 is 1.72 bits per heavy atom. The molecule has 3 heterocycles. The Bertz CT molecular complexity index is 941. The van der Waals surface area contributed by atoms with Crippen LogP contribution in [0.3, 0.4) is 0 Å². The van der Waals surface area contributed by atoms with Crippen LogP contribution in [-0.2, 0) is 10.0 Å². The average molecular weight is 418 g/mol. The third kappa shape index (κ3) is 4.51. The molecule has 1 saturated carbocycles. The molecule has 156 valence electrons. The summed E-state index contributed by atoms with van der Waals surface area (Å²) < 4.78 is 28.3. The molecule has 1 aliphatic heterocycles. The molecule has 0 atom stereocenters. The van der Waals surface area contributed by atoms with Gasteiger partial charge in [0.25, 0.3) is 5.91 Å². The van der Waals surface area contributed by atoms with E-state index in [9.17, 15) is 13.2 Å². The number of nitrogens with one attached hydrogen (secondary N) is 1. The molecule has 0 unspecified atom stereocenters. The molecule has 0 aromatic carbocycles. The van der Waals surface area contributed by atoms with Crippen LogP contribution in [0.5, 0.6) is 0 Å². The molecule has 9 heteroatoms. The zero-order valence-electron chi connectivity index (χ0n) is 16.5. The van der Waals surface area contributed by atoms with Crippen molar-refractivity contribution in [2.45, 2.75) is 62.3 Å². The van der Waals surface area contributed by atoms with E-state index in [1.807, 2.05) is 0 Å². The van der Waals surface area contributed by atoms with Gasteiger partial charge in [0.2, 0.25) is 10.0 Å². The molecule has 0 spiro atoms. The van der Waals surface area contributed by atoms with Crippen molar-refractivity contribution in [1.82, 2.24) is 24.2 Å². The lowest BCUT2D eigenvalue weighted by Crippen LogP contribution is -2.34.